The van der Waals surface area contributed by atoms with Gasteiger partial charge in [0.2, 0.25) is 0 Å². The second-order valence-electron chi connectivity index (χ2n) is 21.5. The Morgan fingerprint density at radius 2 is 0.552 bits per heavy atom. The fourth-order valence-electron chi connectivity index (χ4n) is 10.0. The number of rotatable bonds is 2. The largest absolute Gasteiger partial charge is 0.0561 e. The van der Waals surface area contributed by atoms with E-state index in [1.807, 2.05) is 0 Å². The molecule has 0 amide bonds. The fourth-order valence-corrected chi connectivity index (χ4v) is 10.0. The van der Waals surface area contributed by atoms with Gasteiger partial charge in [0.25, 0.3) is 0 Å². The molecule has 0 aromatic heterocycles. The van der Waals surface area contributed by atoms with E-state index >= 15 is 0 Å². The molecule has 0 radical (unpaired) electrons. The molecule has 0 saturated heterocycles. The predicted molar refractivity (Wildman–Crippen MR) is 257 cm³/mol. The summed E-state index contributed by atoms with van der Waals surface area (Å²) in [6, 6.07) is 48.0. The molecule has 0 unspecified atom stereocenters. The van der Waals surface area contributed by atoms with Crippen molar-refractivity contribution in [2.75, 3.05) is 0 Å². The SMILES string of the molecule is CC(C)(C)c1cc2ccc3ccc(-c4cc5cc(-c6ccc7ccc8cc(C(C)(C)C)cc9ccc6c7c89)c(C(C)(C)C)cc5cc4C(C)(C)C)c4ccc(c1)c2c34. The highest BCUT2D eigenvalue weighted by atomic mass is 14.3. The molecule has 10 rings (SSSR count). The van der Waals surface area contributed by atoms with E-state index in [1.165, 1.54) is 120 Å². The molecule has 0 fully saturated rings. The van der Waals surface area contributed by atoms with E-state index in [2.05, 4.69) is 204 Å². The first kappa shape index (κ1) is 36.9. The molecular formula is C58H56. The Kier molecular flexibility index (Phi) is 7.65. The maximum absolute atomic E-state index is 2.51. The summed E-state index contributed by atoms with van der Waals surface area (Å²) in [5.74, 6) is 0. The summed E-state index contributed by atoms with van der Waals surface area (Å²) in [5, 5.41) is 18.7. The third-order valence-corrected chi connectivity index (χ3v) is 13.2. The van der Waals surface area contributed by atoms with Crippen molar-refractivity contribution in [3.8, 4) is 22.3 Å². The van der Waals surface area contributed by atoms with Gasteiger partial charge in [-0.2, -0.15) is 0 Å². The van der Waals surface area contributed by atoms with Crippen LogP contribution in [0.4, 0.5) is 0 Å². The Morgan fingerprint density at radius 3 is 0.897 bits per heavy atom. The fraction of sp³-hybridized carbons (Fsp3) is 0.276. The first-order valence-electron chi connectivity index (χ1n) is 21.3. The zero-order valence-corrected chi connectivity index (χ0v) is 36.5. The smallest absolute Gasteiger partial charge is 0.00206 e. The van der Waals surface area contributed by atoms with Crippen LogP contribution in [0.1, 0.15) is 105 Å². The van der Waals surface area contributed by atoms with Crippen LogP contribution in [0.5, 0.6) is 0 Å². The van der Waals surface area contributed by atoms with Gasteiger partial charge in [-0.1, -0.05) is 180 Å². The van der Waals surface area contributed by atoms with Gasteiger partial charge in [-0.3, -0.25) is 0 Å². The lowest BCUT2D eigenvalue weighted by Gasteiger charge is -2.28. The van der Waals surface area contributed by atoms with Crippen molar-refractivity contribution < 1.29 is 0 Å². The lowest BCUT2D eigenvalue weighted by molar-refractivity contribution is 0.591. The highest BCUT2D eigenvalue weighted by Gasteiger charge is 2.27. The monoisotopic (exact) mass is 752 g/mol. The molecule has 288 valence electrons. The van der Waals surface area contributed by atoms with E-state index in [1.54, 1.807) is 0 Å². The van der Waals surface area contributed by atoms with Crippen LogP contribution in [-0.4, -0.2) is 0 Å². The maximum atomic E-state index is 2.51. The molecule has 10 aromatic rings. The van der Waals surface area contributed by atoms with Crippen LogP contribution in [0, 0.1) is 0 Å². The molecule has 0 heteroatoms. The molecule has 0 bridgehead atoms. The molecule has 58 heavy (non-hydrogen) atoms. The van der Waals surface area contributed by atoms with Crippen LogP contribution in [0.15, 0.2) is 121 Å². The first-order valence-corrected chi connectivity index (χ1v) is 21.3. The number of hydrogen-bond acceptors (Lipinski definition) is 0. The van der Waals surface area contributed by atoms with Crippen molar-refractivity contribution in [3.05, 3.63) is 144 Å². The Hall–Kier alpha value is -5.46. The number of hydrogen-bond donors (Lipinski definition) is 0. The molecule has 0 aliphatic heterocycles. The van der Waals surface area contributed by atoms with Gasteiger partial charge in [0.15, 0.2) is 0 Å². The highest BCUT2D eigenvalue weighted by molar-refractivity contribution is 6.27. The first-order chi connectivity index (χ1) is 27.3. The summed E-state index contributed by atoms with van der Waals surface area (Å²) in [6.45, 7) is 28.1. The quantitative estimate of drug-likeness (QED) is 0.154. The van der Waals surface area contributed by atoms with Crippen molar-refractivity contribution in [2.45, 2.75) is 105 Å². The van der Waals surface area contributed by atoms with E-state index in [9.17, 15) is 0 Å². The van der Waals surface area contributed by atoms with Gasteiger partial charge in [0.05, 0.1) is 0 Å². The summed E-state index contributed by atoms with van der Waals surface area (Å²) < 4.78 is 0. The molecule has 0 saturated carbocycles. The Morgan fingerprint density at radius 1 is 0.241 bits per heavy atom. The molecule has 0 aliphatic carbocycles. The van der Waals surface area contributed by atoms with Crippen LogP contribution in [0.3, 0.4) is 0 Å². The number of fused-ring (bicyclic) bond motifs is 1. The van der Waals surface area contributed by atoms with Gasteiger partial charge < -0.3 is 0 Å². The van der Waals surface area contributed by atoms with Gasteiger partial charge >= 0.3 is 0 Å². The lowest BCUT2D eigenvalue weighted by Crippen LogP contribution is -2.15. The molecule has 0 aliphatic rings. The summed E-state index contributed by atoms with van der Waals surface area (Å²) in [7, 11) is 0. The molecule has 0 spiro atoms. The minimum Gasteiger partial charge on any atom is -0.0561 e. The predicted octanol–water partition coefficient (Wildman–Crippen LogP) is 17.2. The van der Waals surface area contributed by atoms with Gasteiger partial charge in [-0.25, -0.2) is 0 Å². The Bertz CT molecular complexity index is 3030. The van der Waals surface area contributed by atoms with Gasteiger partial charge in [0, 0.05) is 0 Å². The second kappa shape index (κ2) is 12.0. The summed E-state index contributed by atoms with van der Waals surface area (Å²) in [5.41, 5.74) is 10.9. The van der Waals surface area contributed by atoms with Crippen LogP contribution in [-0.2, 0) is 21.7 Å². The average Bonchev–Trinajstić information content (AvgIpc) is 3.16. The van der Waals surface area contributed by atoms with E-state index < -0.39 is 0 Å². The van der Waals surface area contributed by atoms with Crippen molar-refractivity contribution in [1.82, 2.24) is 0 Å². The topological polar surface area (TPSA) is 0 Å². The third-order valence-electron chi connectivity index (χ3n) is 13.2. The minimum atomic E-state index is -0.0609. The number of benzene rings is 10. The maximum Gasteiger partial charge on any atom is -0.00206 e. The second-order valence-corrected chi connectivity index (χ2v) is 21.5. The van der Waals surface area contributed by atoms with Gasteiger partial charge in [-0.15, -0.1) is 0 Å². The van der Waals surface area contributed by atoms with Gasteiger partial charge in [-0.05, 0) is 166 Å². The van der Waals surface area contributed by atoms with E-state index in [4.69, 9.17) is 0 Å². The third kappa shape index (κ3) is 5.62. The van der Waals surface area contributed by atoms with Crippen LogP contribution >= 0.6 is 0 Å². The Labute approximate surface area is 344 Å². The summed E-state index contributed by atoms with van der Waals surface area (Å²) in [6.07, 6.45) is 0. The van der Waals surface area contributed by atoms with E-state index in [-0.39, 0.29) is 21.7 Å². The lowest BCUT2D eigenvalue weighted by atomic mass is 9.76. The molecule has 0 atom stereocenters. The van der Waals surface area contributed by atoms with E-state index in [0.29, 0.717) is 0 Å². The molecule has 10 aromatic carbocycles. The van der Waals surface area contributed by atoms with Crippen molar-refractivity contribution in [2.24, 2.45) is 0 Å². The molecular weight excluding hydrogens is 697 g/mol. The zero-order chi connectivity index (χ0) is 40.8. The highest BCUT2D eigenvalue weighted by Crippen LogP contribution is 2.48. The Balaban J connectivity index is 1.24. The van der Waals surface area contributed by atoms with Crippen molar-refractivity contribution >= 4 is 75.4 Å². The van der Waals surface area contributed by atoms with Crippen LogP contribution < -0.4 is 0 Å². The standard InChI is InChI=1S/C58H56/c1-55(2,3)41-25-35-15-13-33-17-21-43(45-23-19-37(27-41)51(35)53(33)45)47-29-39-30-48(50(58(10,11)12)32-40(39)31-49(47)57(7,8)9)44-22-18-34-14-16-36-26-42(56(4,5)6)28-38-20-24-46(44)54(34)52(36)38/h13-32H,1-12H3. The summed E-state index contributed by atoms with van der Waals surface area (Å²) in [4.78, 5) is 0. The molecule has 0 heterocycles. The van der Waals surface area contributed by atoms with Crippen LogP contribution in [0.25, 0.3) is 97.7 Å². The normalized spacial score (nSPS) is 13.5. The van der Waals surface area contributed by atoms with Crippen LogP contribution in [0.2, 0.25) is 0 Å². The van der Waals surface area contributed by atoms with Crippen molar-refractivity contribution in [1.29, 1.82) is 0 Å². The molecule has 0 N–H and O–H groups in total. The molecule has 0 nitrogen and oxygen atoms in total. The average molecular weight is 753 g/mol. The van der Waals surface area contributed by atoms with E-state index in [0.717, 1.165) is 0 Å². The zero-order valence-electron chi connectivity index (χ0n) is 36.5. The minimum absolute atomic E-state index is 0.0609. The van der Waals surface area contributed by atoms with Gasteiger partial charge in [0.1, 0.15) is 0 Å². The van der Waals surface area contributed by atoms with Crippen molar-refractivity contribution in [3.63, 3.8) is 0 Å². The summed E-state index contributed by atoms with van der Waals surface area (Å²) >= 11 is 0.